The van der Waals surface area contributed by atoms with E-state index in [1.54, 1.807) is 17.4 Å². The first kappa shape index (κ1) is 16.8. The second-order valence-electron chi connectivity index (χ2n) is 6.31. The van der Waals surface area contributed by atoms with E-state index in [0.717, 1.165) is 22.4 Å². The number of amides is 1. The molecule has 0 fully saturated rings. The van der Waals surface area contributed by atoms with Gasteiger partial charge in [0.25, 0.3) is 0 Å². The van der Waals surface area contributed by atoms with Crippen LogP contribution in [0.3, 0.4) is 0 Å². The monoisotopic (exact) mass is 345 g/mol. The molecule has 24 heavy (non-hydrogen) atoms. The summed E-state index contributed by atoms with van der Waals surface area (Å²) in [5.74, 6) is 0.798. The van der Waals surface area contributed by atoms with Gasteiger partial charge in [0.1, 0.15) is 6.61 Å². The van der Waals surface area contributed by atoms with Gasteiger partial charge in [0.15, 0.2) is 11.5 Å². The molecule has 1 aliphatic rings. The van der Waals surface area contributed by atoms with Crippen molar-refractivity contribution in [1.29, 1.82) is 0 Å². The van der Waals surface area contributed by atoms with Gasteiger partial charge in [0.05, 0.1) is 6.54 Å². The number of phenols is 1. The molecular formula is C19H23NO3S. The number of aryl methyl sites for hydroxylation is 1. The summed E-state index contributed by atoms with van der Waals surface area (Å²) >= 11 is 1.69. The molecule has 0 unspecified atom stereocenters. The zero-order valence-electron chi connectivity index (χ0n) is 14.3. The van der Waals surface area contributed by atoms with Gasteiger partial charge in [-0.15, -0.1) is 11.3 Å². The molecule has 0 radical (unpaired) electrons. The van der Waals surface area contributed by atoms with Gasteiger partial charge < -0.3 is 14.7 Å². The number of rotatable bonds is 3. The van der Waals surface area contributed by atoms with Crippen LogP contribution in [0.5, 0.6) is 11.5 Å². The van der Waals surface area contributed by atoms with Crippen molar-refractivity contribution in [2.24, 2.45) is 5.92 Å². The van der Waals surface area contributed by atoms with E-state index in [2.05, 4.69) is 19.1 Å². The van der Waals surface area contributed by atoms with Crippen molar-refractivity contribution >= 4 is 17.2 Å². The van der Waals surface area contributed by atoms with E-state index in [1.165, 1.54) is 4.88 Å². The minimum atomic E-state index is 0.00303. The van der Waals surface area contributed by atoms with E-state index in [-0.39, 0.29) is 17.6 Å². The minimum absolute atomic E-state index is 0.00303. The molecule has 1 aromatic heterocycles. The van der Waals surface area contributed by atoms with Crippen LogP contribution >= 0.6 is 11.3 Å². The van der Waals surface area contributed by atoms with Gasteiger partial charge in [-0.1, -0.05) is 13.8 Å². The van der Waals surface area contributed by atoms with Crippen molar-refractivity contribution in [3.8, 4) is 21.9 Å². The summed E-state index contributed by atoms with van der Waals surface area (Å²) in [4.78, 5) is 16.7. The second-order valence-corrected chi connectivity index (χ2v) is 7.60. The summed E-state index contributed by atoms with van der Waals surface area (Å²) in [6.07, 6.45) is 0.822. The molecule has 1 aliphatic heterocycles. The average Bonchev–Trinajstić information content (AvgIpc) is 2.88. The third-order valence-electron chi connectivity index (χ3n) is 4.49. The van der Waals surface area contributed by atoms with Gasteiger partial charge in [0.2, 0.25) is 5.91 Å². The lowest BCUT2D eigenvalue weighted by atomic mass is 10.0. The van der Waals surface area contributed by atoms with Crippen LogP contribution in [0, 0.1) is 12.8 Å². The van der Waals surface area contributed by atoms with Crippen LogP contribution in [0.2, 0.25) is 0 Å². The largest absolute Gasteiger partial charge is 0.504 e. The molecule has 0 spiro atoms. The molecule has 0 saturated carbocycles. The lowest BCUT2D eigenvalue weighted by Gasteiger charge is -2.23. The number of carbonyl (C=O) groups excluding carboxylic acids is 1. The maximum Gasteiger partial charge on any atom is 0.225 e. The van der Waals surface area contributed by atoms with Crippen molar-refractivity contribution in [3.63, 3.8) is 0 Å². The van der Waals surface area contributed by atoms with Crippen LogP contribution in [-0.4, -0.2) is 29.1 Å². The van der Waals surface area contributed by atoms with Crippen molar-refractivity contribution in [2.45, 2.75) is 33.7 Å². The third kappa shape index (κ3) is 3.26. The molecule has 3 rings (SSSR count). The molecule has 2 heterocycles. The average molecular weight is 345 g/mol. The Morgan fingerprint density at radius 2 is 2.21 bits per heavy atom. The van der Waals surface area contributed by atoms with E-state index in [0.29, 0.717) is 25.4 Å². The summed E-state index contributed by atoms with van der Waals surface area (Å²) < 4.78 is 5.73. The summed E-state index contributed by atoms with van der Waals surface area (Å²) in [5, 5.41) is 10.4. The Labute approximate surface area is 146 Å². The van der Waals surface area contributed by atoms with E-state index in [9.17, 15) is 9.90 Å². The van der Waals surface area contributed by atoms with Gasteiger partial charge in [-0.05, 0) is 43.2 Å². The fraction of sp³-hybridized carbons (Fsp3) is 0.421. The Bertz CT molecular complexity index is 753. The number of hydrogen-bond acceptors (Lipinski definition) is 4. The maximum absolute atomic E-state index is 12.5. The zero-order valence-corrected chi connectivity index (χ0v) is 15.2. The van der Waals surface area contributed by atoms with Crippen molar-refractivity contribution < 1.29 is 14.6 Å². The number of aromatic hydroxyl groups is 1. The Morgan fingerprint density at radius 3 is 2.88 bits per heavy atom. The third-order valence-corrected chi connectivity index (χ3v) is 5.54. The number of benzene rings is 1. The minimum Gasteiger partial charge on any atom is -0.504 e. The van der Waals surface area contributed by atoms with Gasteiger partial charge in [-0.25, -0.2) is 0 Å². The second kappa shape index (κ2) is 6.85. The highest BCUT2D eigenvalue weighted by molar-refractivity contribution is 7.15. The van der Waals surface area contributed by atoms with Crippen LogP contribution in [0.25, 0.3) is 10.4 Å². The van der Waals surface area contributed by atoms with Gasteiger partial charge in [0, 0.05) is 27.8 Å². The van der Waals surface area contributed by atoms with Crippen LogP contribution in [0.1, 0.15) is 30.7 Å². The molecule has 5 heteroatoms. The van der Waals surface area contributed by atoms with Crippen LogP contribution in [-0.2, 0) is 11.3 Å². The molecule has 1 amide bonds. The Hall–Kier alpha value is -2.01. The first-order chi connectivity index (χ1) is 11.5. The summed E-state index contributed by atoms with van der Waals surface area (Å²) in [6.45, 7) is 7.47. The topological polar surface area (TPSA) is 49.8 Å². The number of fused-ring (bicyclic) bond motifs is 1. The lowest BCUT2D eigenvalue weighted by molar-refractivity contribution is -0.135. The molecule has 1 N–H and O–H groups in total. The fourth-order valence-electron chi connectivity index (χ4n) is 2.91. The quantitative estimate of drug-likeness (QED) is 0.907. The van der Waals surface area contributed by atoms with Gasteiger partial charge in [-0.2, -0.15) is 0 Å². The highest BCUT2D eigenvalue weighted by atomic mass is 32.1. The molecule has 1 atom stereocenters. The van der Waals surface area contributed by atoms with Crippen LogP contribution in [0.15, 0.2) is 24.3 Å². The number of phenolic OH excluding ortho intramolecular Hbond substituents is 1. The first-order valence-electron chi connectivity index (χ1n) is 8.34. The predicted octanol–water partition coefficient (Wildman–Crippen LogP) is 4.20. The Morgan fingerprint density at radius 1 is 1.42 bits per heavy atom. The van der Waals surface area contributed by atoms with Crippen molar-refractivity contribution in [2.75, 3.05) is 13.2 Å². The molecular weight excluding hydrogens is 322 g/mol. The molecule has 4 nitrogen and oxygen atoms in total. The van der Waals surface area contributed by atoms with E-state index in [4.69, 9.17) is 4.74 Å². The molecule has 1 aromatic carbocycles. The van der Waals surface area contributed by atoms with E-state index < -0.39 is 0 Å². The van der Waals surface area contributed by atoms with Crippen LogP contribution < -0.4 is 4.74 Å². The highest BCUT2D eigenvalue weighted by Gasteiger charge is 2.25. The number of thiophene rings is 1. The van der Waals surface area contributed by atoms with E-state index >= 15 is 0 Å². The zero-order chi connectivity index (χ0) is 17.3. The number of hydrogen-bond donors (Lipinski definition) is 1. The normalized spacial score (nSPS) is 15.4. The Kier molecular flexibility index (Phi) is 4.81. The first-order valence-corrected chi connectivity index (χ1v) is 9.15. The lowest BCUT2D eigenvalue weighted by Crippen LogP contribution is -2.36. The van der Waals surface area contributed by atoms with Gasteiger partial charge >= 0.3 is 0 Å². The highest BCUT2D eigenvalue weighted by Crippen LogP contribution is 2.39. The maximum atomic E-state index is 12.5. The fourth-order valence-corrected chi connectivity index (χ4v) is 3.76. The smallest absolute Gasteiger partial charge is 0.225 e. The molecule has 0 bridgehead atoms. The summed E-state index contributed by atoms with van der Waals surface area (Å²) in [7, 11) is 0. The standard InChI is InChI=1S/C19H23NO3S/c1-4-12(2)19(22)20-7-8-23-18-15(11-20)9-14(10-16(18)21)17-6-5-13(3)24-17/h5-6,9-10,12,21H,4,7-8,11H2,1-3H3/t12-/m0/s1. The summed E-state index contributed by atoms with van der Waals surface area (Å²) in [6, 6.07) is 7.90. The van der Waals surface area contributed by atoms with Crippen LogP contribution in [0.4, 0.5) is 0 Å². The number of nitrogens with zero attached hydrogens (tertiary/aromatic N) is 1. The predicted molar refractivity (Wildman–Crippen MR) is 96.5 cm³/mol. The summed E-state index contributed by atoms with van der Waals surface area (Å²) in [5.41, 5.74) is 1.83. The SMILES string of the molecule is CC[C@H](C)C(=O)N1CCOc2c(O)cc(-c3ccc(C)s3)cc2C1. The van der Waals surface area contributed by atoms with Crippen molar-refractivity contribution in [1.82, 2.24) is 4.90 Å². The number of ether oxygens (including phenoxy) is 1. The molecule has 2 aromatic rings. The van der Waals surface area contributed by atoms with E-state index in [1.807, 2.05) is 24.8 Å². The molecule has 0 aliphatic carbocycles. The van der Waals surface area contributed by atoms with Gasteiger partial charge in [-0.3, -0.25) is 4.79 Å². The molecule has 0 saturated heterocycles. The molecule has 128 valence electrons. The Balaban J connectivity index is 1.95. The van der Waals surface area contributed by atoms with Crippen molar-refractivity contribution in [3.05, 3.63) is 34.7 Å². The number of carbonyl (C=O) groups is 1.